The Bertz CT molecular complexity index is 355. The van der Waals surface area contributed by atoms with E-state index in [2.05, 4.69) is 15.5 Å². The largest absolute Gasteiger partial charge is 0.444 e. The molecule has 0 radical (unpaired) electrons. The van der Waals surface area contributed by atoms with Crippen LogP contribution in [0.4, 0.5) is 4.79 Å². The third-order valence-corrected chi connectivity index (χ3v) is 2.62. The molecule has 0 spiro atoms. The normalized spacial score (nSPS) is 18.0. The van der Waals surface area contributed by atoms with Gasteiger partial charge in [-0.2, -0.15) is 10.2 Å². The molecule has 6 heteroatoms. The fourth-order valence-electron chi connectivity index (χ4n) is 1.41. The van der Waals surface area contributed by atoms with Gasteiger partial charge >= 0.3 is 6.09 Å². The molecule has 0 unspecified atom stereocenters. The van der Waals surface area contributed by atoms with E-state index in [1.807, 2.05) is 20.8 Å². The number of nitrogens with one attached hydrogen (secondary N) is 1. The van der Waals surface area contributed by atoms with Crippen LogP contribution in [0.3, 0.4) is 0 Å². The van der Waals surface area contributed by atoms with Crippen LogP contribution >= 0.6 is 0 Å². The standard InChI is InChI=1S/C9H17NO2.C4H6N2O/c1-9(2,3)12-8(11)10-7-5-4-6-7;7-3-4-1-5-6-2-4/h7H,4-6H2,1-3H3,(H,10,11);1,7H,2-3H2. The van der Waals surface area contributed by atoms with E-state index < -0.39 is 0 Å². The molecule has 2 rings (SSSR count). The Balaban J connectivity index is 0.000000218. The van der Waals surface area contributed by atoms with Crippen molar-refractivity contribution in [1.29, 1.82) is 0 Å². The van der Waals surface area contributed by atoms with Gasteiger partial charge in [-0.15, -0.1) is 0 Å². The second kappa shape index (κ2) is 7.23. The van der Waals surface area contributed by atoms with Crippen LogP contribution in [0.15, 0.2) is 22.0 Å². The number of rotatable bonds is 2. The summed E-state index contributed by atoms with van der Waals surface area (Å²) in [5, 5.41) is 18.3. The second-order valence-corrected chi connectivity index (χ2v) is 5.63. The van der Waals surface area contributed by atoms with Crippen LogP contribution in [0.25, 0.3) is 0 Å². The summed E-state index contributed by atoms with van der Waals surface area (Å²) in [6.45, 7) is 6.28. The average molecular weight is 269 g/mol. The van der Waals surface area contributed by atoms with Crippen LogP contribution in [0, 0.1) is 0 Å². The summed E-state index contributed by atoms with van der Waals surface area (Å²) in [5.74, 6) is 0. The summed E-state index contributed by atoms with van der Waals surface area (Å²) < 4.78 is 5.09. The van der Waals surface area contributed by atoms with Gasteiger partial charge in [0.2, 0.25) is 0 Å². The second-order valence-electron chi connectivity index (χ2n) is 5.63. The Kier molecular flexibility index (Phi) is 5.95. The number of hydrogen-bond acceptors (Lipinski definition) is 5. The van der Waals surface area contributed by atoms with Crippen molar-refractivity contribution in [3.8, 4) is 0 Å². The third-order valence-electron chi connectivity index (χ3n) is 2.62. The highest BCUT2D eigenvalue weighted by molar-refractivity contribution is 5.68. The van der Waals surface area contributed by atoms with Crippen molar-refractivity contribution in [1.82, 2.24) is 5.32 Å². The Morgan fingerprint density at radius 1 is 1.53 bits per heavy atom. The van der Waals surface area contributed by atoms with Crippen LogP contribution < -0.4 is 5.32 Å². The monoisotopic (exact) mass is 269 g/mol. The number of alkyl carbamates (subject to hydrolysis) is 1. The van der Waals surface area contributed by atoms with Gasteiger partial charge in [0.1, 0.15) is 5.60 Å². The number of nitrogens with zero attached hydrogens (tertiary/aromatic N) is 2. The fourth-order valence-corrected chi connectivity index (χ4v) is 1.41. The lowest BCUT2D eigenvalue weighted by molar-refractivity contribution is 0.0480. The van der Waals surface area contributed by atoms with Gasteiger partial charge in [0, 0.05) is 6.04 Å². The Labute approximate surface area is 113 Å². The van der Waals surface area contributed by atoms with E-state index in [9.17, 15) is 4.79 Å². The van der Waals surface area contributed by atoms with Crippen LogP contribution in [-0.4, -0.2) is 36.0 Å². The van der Waals surface area contributed by atoms with Crippen molar-refractivity contribution in [3.63, 3.8) is 0 Å². The van der Waals surface area contributed by atoms with Gasteiger partial charge in [0.05, 0.1) is 19.4 Å². The lowest BCUT2D eigenvalue weighted by Gasteiger charge is -2.28. The average Bonchev–Trinajstić information content (AvgIpc) is 2.74. The van der Waals surface area contributed by atoms with Crippen molar-refractivity contribution in [2.24, 2.45) is 10.2 Å². The van der Waals surface area contributed by atoms with E-state index in [-0.39, 0.29) is 18.3 Å². The summed E-state index contributed by atoms with van der Waals surface area (Å²) in [7, 11) is 0. The smallest absolute Gasteiger partial charge is 0.407 e. The van der Waals surface area contributed by atoms with Gasteiger partial charge in [-0.25, -0.2) is 4.79 Å². The summed E-state index contributed by atoms with van der Waals surface area (Å²) in [4.78, 5) is 11.1. The third kappa shape index (κ3) is 6.91. The molecule has 0 aromatic carbocycles. The topological polar surface area (TPSA) is 83.3 Å². The lowest BCUT2D eigenvalue weighted by atomic mass is 9.93. The summed E-state index contributed by atoms with van der Waals surface area (Å²) >= 11 is 0. The molecule has 0 atom stereocenters. The quantitative estimate of drug-likeness (QED) is 0.807. The number of aliphatic hydroxyl groups excluding tert-OH is 1. The van der Waals surface area contributed by atoms with Crippen LogP contribution in [0.2, 0.25) is 0 Å². The highest BCUT2D eigenvalue weighted by atomic mass is 16.6. The molecule has 1 saturated carbocycles. The predicted molar refractivity (Wildman–Crippen MR) is 71.9 cm³/mol. The molecule has 2 aliphatic rings. The first kappa shape index (κ1) is 15.6. The van der Waals surface area contributed by atoms with Gasteiger partial charge in [-0.3, -0.25) is 0 Å². The number of ether oxygens (including phenoxy) is 1. The lowest BCUT2D eigenvalue weighted by Crippen LogP contribution is -2.42. The maximum Gasteiger partial charge on any atom is 0.407 e. The van der Waals surface area contributed by atoms with Gasteiger partial charge in [0.15, 0.2) is 0 Å². The SMILES string of the molecule is CC(C)(C)OC(=O)NC1CCC1.OCC1=CN=NC1. The molecule has 1 aliphatic heterocycles. The maximum absolute atomic E-state index is 11.1. The number of azo groups is 1. The first-order chi connectivity index (χ1) is 8.90. The van der Waals surface area contributed by atoms with Crippen molar-refractivity contribution in [3.05, 3.63) is 11.8 Å². The molecule has 0 aromatic rings. The minimum absolute atomic E-state index is 0.0903. The molecule has 0 saturated heterocycles. The van der Waals surface area contributed by atoms with Crippen LogP contribution in [0.1, 0.15) is 40.0 Å². The zero-order valence-electron chi connectivity index (χ0n) is 11.8. The van der Waals surface area contributed by atoms with E-state index in [1.165, 1.54) is 6.42 Å². The maximum atomic E-state index is 11.1. The molecule has 0 aromatic heterocycles. The van der Waals surface area contributed by atoms with Crippen molar-refractivity contribution in [2.75, 3.05) is 13.2 Å². The van der Waals surface area contributed by atoms with E-state index in [0.717, 1.165) is 18.4 Å². The van der Waals surface area contributed by atoms with Crippen molar-refractivity contribution < 1.29 is 14.6 Å². The zero-order valence-corrected chi connectivity index (χ0v) is 11.8. The fraction of sp³-hybridized carbons (Fsp3) is 0.769. The summed E-state index contributed by atoms with van der Waals surface area (Å²) in [6, 6.07) is 0.361. The van der Waals surface area contributed by atoms with Gasteiger partial charge in [0.25, 0.3) is 0 Å². The molecule has 19 heavy (non-hydrogen) atoms. The first-order valence-corrected chi connectivity index (χ1v) is 6.55. The highest BCUT2D eigenvalue weighted by Crippen LogP contribution is 2.18. The van der Waals surface area contributed by atoms with Crippen molar-refractivity contribution >= 4 is 6.09 Å². The molecule has 1 amide bonds. The number of carbonyl (C=O) groups is 1. The van der Waals surface area contributed by atoms with E-state index in [4.69, 9.17) is 9.84 Å². The highest BCUT2D eigenvalue weighted by Gasteiger charge is 2.22. The molecule has 1 heterocycles. The molecular formula is C13H23N3O3. The van der Waals surface area contributed by atoms with Gasteiger partial charge in [-0.1, -0.05) is 0 Å². The van der Waals surface area contributed by atoms with Crippen LogP contribution in [0.5, 0.6) is 0 Å². The molecule has 2 N–H and O–H groups in total. The Morgan fingerprint density at radius 2 is 2.21 bits per heavy atom. The number of aliphatic hydroxyl groups is 1. The van der Waals surface area contributed by atoms with E-state index in [1.54, 1.807) is 6.20 Å². The Hall–Kier alpha value is -1.43. The van der Waals surface area contributed by atoms with E-state index in [0.29, 0.717) is 12.6 Å². The van der Waals surface area contributed by atoms with E-state index >= 15 is 0 Å². The molecule has 1 aliphatic carbocycles. The molecule has 108 valence electrons. The number of amides is 1. The predicted octanol–water partition coefficient (Wildman–Crippen LogP) is 2.39. The first-order valence-electron chi connectivity index (χ1n) is 6.55. The minimum Gasteiger partial charge on any atom is -0.444 e. The zero-order chi connectivity index (χ0) is 14.3. The van der Waals surface area contributed by atoms with Crippen LogP contribution in [-0.2, 0) is 4.74 Å². The molecular weight excluding hydrogens is 246 g/mol. The molecule has 6 nitrogen and oxygen atoms in total. The number of hydrogen-bond donors (Lipinski definition) is 2. The van der Waals surface area contributed by atoms with Gasteiger partial charge in [-0.05, 0) is 45.6 Å². The molecule has 1 fully saturated rings. The molecule has 0 bridgehead atoms. The Morgan fingerprint density at radius 3 is 2.53 bits per heavy atom. The summed E-state index contributed by atoms with van der Waals surface area (Å²) in [5.41, 5.74) is 0.508. The number of carbonyl (C=O) groups excluding carboxylic acids is 1. The minimum atomic E-state index is -0.381. The summed E-state index contributed by atoms with van der Waals surface area (Å²) in [6.07, 6.45) is 4.71. The van der Waals surface area contributed by atoms with Crippen molar-refractivity contribution in [2.45, 2.75) is 51.7 Å². The van der Waals surface area contributed by atoms with Gasteiger partial charge < -0.3 is 15.2 Å².